The van der Waals surface area contributed by atoms with E-state index >= 15 is 0 Å². The Labute approximate surface area is 230 Å². The van der Waals surface area contributed by atoms with Crippen LogP contribution in [0.3, 0.4) is 0 Å². The molecule has 0 saturated heterocycles. The van der Waals surface area contributed by atoms with Gasteiger partial charge in [-0.15, -0.1) is 12.3 Å². The number of hydrogen-bond donors (Lipinski definition) is 0. The van der Waals surface area contributed by atoms with Crippen molar-refractivity contribution in [2.24, 2.45) is 0 Å². The molecule has 210 valence electrons. The lowest BCUT2D eigenvalue weighted by Gasteiger charge is -2.68. The van der Waals surface area contributed by atoms with E-state index in [1.807, 2.05) is 0 Å². The molecule has 0 unspecified atom stereocenters. The van der Waals surface area contributed by atoms with Gasteiger partial charge in [0.05, 0.1) is 0 Å². The van der Waals surface area contributed by atoms with E-state index in [1.54, 1.807) is 0 Å². The predicted molar refractivity (Wildman–Crippen MR) is 180 cm³/mol. The average Bonchev–Trinajstić information content (AvgIpc) is 2.54. The molecule has 0 heterocycles. The van der Waals surface area contributed by atoms with Crippen LogP contribution in [0.25, 0.3) is 0 Å². The van der Waals surface area contributed by atoms with Gasteiger partial charge in [0, 0.05) is 15.7 Å². The van der Waals surface area contributed by atoms with Gasteiger partial charge in [-0.3, -0.25) is 0 Å². The van der Waals surface area contributed by atoms with Crippen LogP contribution in [0.5, 0.6) is 0 Å². The SMILES string of the molecule is C=C[SiH2]CC(N([Si](C)(C)C(C)(C)C)[Si](C)(C)C(C)(C)C)N([Si](C)(C)C(C)(C)C)[Si](C)(C)C(C)(C)C. The Kier molecular flexibility index (Phi) is 11.0. The molecule has 0 aliphatic carbocycles. The second-order valence-corrected chi connectivity index (χ2v) is 40.3. The molecule has 0 aromatic carbocycles. The van der Waals surface area contributed by atoms with E-state index in [2.05, 4.69) is 156 Å². The van der Waals surface area contributed by atoms with Gasteiger partial charge in [-0.25, -0.2) is 0 Å². The molecule has 0 aromatic heterocycles. The third kappa shape index (κ3) is 7.04. The fraction of sp³-hybridized carbons (Fsp3) is 0.929. The largest absolute Gasteiger partial charge is 0.331 e. The zero-order chi connectivity index (χ0) is 28.9. The van der Waals surface area contributed by atoms with Gasteiger partial charge in [-0.1, -0.05) is 135 Å². The van der Waals surface area contributed by atoms with Gasteiger partial charge in [0.15, 0.2) is 0 Å². The first-order valence-electron chi connectivity index (χ1n) is 14.1. The van der Waals surface area contributed by atoms with Crippen molar-refractivity contribution < 1.29 is 0 Å². The summed E-state index contributed by atoms with van der Waals surface area (Å²) < 4.78 is 6.61. The van der Waals surface area contributed by atoms with Crippen LogP contribution in [-0.2, 0) is 0 Å². The molecule has 0 aliphatic rings. The zero-order valence-electron chi connectivity index (χ0n) is 28.2. The van der Waals surface area contributed by atoms with Crippen molar-refractivity contribution in [3.05, 3.63) is 12.3 Å². The van der Waals surface area contributed by atoms with Crippen LogP contribution in [0.15, 0.2) is 12.3 Å². The summed E-state index contributed by atoms with van der Waals surface area (Å²) in [6, 6.07) is 1.33. The summed E-state index contributed by atoms with van der Waals surface area (Å²) >= 11 is 0. The van der Waals surface area contributed by atoms with Crippen LogP contribution in [0, 0.1) is 0 Å². The van der Waals surface area contributed by atoms with Crippen LogP contribution in [0.2, 0.25) is 78.6 Å². The maximum Gasteiger partial charge on any atom is 0.122 e. The molecular weight excluding hydrogens is 505 g/mol. The first-order chi connectivity index (χ1) is 14.9. The summed E-state index contributed by atoms with van der Waals surface area (Å²) in [5, 5.41) is 1.23. The molecule has 0 atom stereocenters. The first kappa shape index (κ1) is 35.7. The van der Waals surface area contributed by atoms with Crippen molar-refractivity contribution in [2.45, 2.75) is 168 Å². The average molecular weight is 573 g/mol. The van der Waals surface area contributed by atoms with Crippen molar-refractivity contribution in [1.29, 1.82) is 0 Å². The molecule has 0 N–H and O–H groups in total. The third-order valence-electron chi connectivity index (χ3n) is 11.0. The summed E-state index contributed by atoms with van der Waals surface area (Å²) in [5.41, 5.74) is 2.32. The van der Waals surface area contributed by atoms with Crippen molar-refractivity contribution >= 4 is 42.5 Å². The lowest BCUT2D eigenvalue weighted by Crippen LogP contribution is -2.80. The molecule has 35 heavy (non-hydrogen) atoms. The number of nitrogens with zero attached hydrogens (tertiary/aromatic N) is 2. The molecule has 0 rings (SSSR count). The molecule has 7 heteroatoms. The smallest absolute Gasteiger partial charge is 0.122 e. The summed E-state index contributed by atoms with van der Waals surface area (Å²) in [4.78, 5) is 0. The van der Waals surface area contributed by atoms with Crippen molar-refractivity contribution in [3.63, 3.8) is 0 Å². The highest BCUT2D eigenvalue weighted by Gasteiger charge is 2.60. The van der Waals surface area contributed by atoms with E-state index < -0.39 is 32.9 Å². The predicted octanol–water partition coefficient (Wildman–Crippen LogP) is 9.67. The second-order valence-electron chi connectivity index (χ2n) is 17.3. The Hall–Kier alpha value is 0.744. The van der Waals surface area contributed by atoms with Crippen LogP contribution < -0.4 is 0 Å². The molecule has 0 amide bonds. The summed E-state index contributed by atoms with van der Waals surface area (Å²) in [6.45, 7) is 56.2. The number of rotatable bonds is 9. The summed E-state index contributed by atoms with van der Waals surface area (Å²) in [7, 11) is -7.73. The van der Waals surface area contributed by atoms with E-state index in [4.69, 9.17) is 0 Å². The summed E-state index contributed by atoms with van der Waals surface area (Å²) in [6.07, 6.45) is 0.545. The lowest BCUT2D eigenvalue weighted by atomic mass is 10.2. The van der Waals surface area contributed by atoms with Crippen LogP contribution in [-0.4, -0.2) is 57.1 Å². The van der Waals surface area contributed by atoms with Crippen molar-refractivity contribution in [1.82, 2.24) is 8.46 Å². The maximum absolute atomic E-state index is 4.27. The van der Waals surface area contributed by atoms with Gasteiger partial charge in [0.1, 0.15) is 32.9 Å². The highest BCUT2D eigenvalue weighted by atomic mass is 28.4. The number of hydrogen-bond acceptors (Lipinski definition) is 2. The van der Waals surface area contributed by atoms with Crippen LogP contribution >= 0.6 is 0 Å². The Balaban J connectivity index is 7.88. The highest BCUT2D eigenvalue weighted by Crippen LogP contribution is 2.53. The molecule has 0 radical (unpaired) electrons. The lowest BCUT2D eigenvalue weighted by molar-refractivity contribution is 0.291. The molecule has 0 aliphatic heterocycles. The normalized spacial score (nSPS) is 16.3. The molecular formula is C28H68N2Si5. The van der Waals surface area contributed by atoms with Crippen LogP contribution in [0.4, 0.5) is 0 Å². The van der Waals surface area contributed by atoms with E-state index in [1.165, 1.54) is 6.04 Å². The minimum Gasteiger partial charge on any atom is -0.331 e. The molecule has 0 bridgehead atoms. The first-order valence-corrected chi connectivity index (χ1v) is 27.7. The van der Waals surface area contributed by atoms with Gasteiger partial charge in [-0.2, -0.15) is 0 Å². The van der Waals surface area contributed by atoms with Crippen LogP contribution in [0.1, 0.15) is 83.1 Å². The fourth-order valence-corrected chi connectivity index (χ4v) is 29.6. The second kappa shape index (κ2) is 10.7. The Morgan fingerprint density at radius 3 is 0.886 bits per heavy atom. The van der Waals surface area contributed by atoms with Gasteiger partial charge >= 0.3 is 0 Å². The quantitative estimate of drug-likeness (QED) is 0.200. The van der Waals surface area contributed by atoms with Gasteiger partial charge in [0.25, 0.3) is 0 Å². The zero-order valence-corrected chi connectivity index (χ0v) is 33.6. The van der Waals surface area contributed by atoms with Gasteiger partial charge in [0.2, 0.25) is 0 Å². The van der Waals surface area contributed by atoms with E-state index in [9.17, 15) is 0 Å². The standard InChI is InChI=1S/C28H68N2Si5/c1-22-31-23-24(29(32(14,15)25(2,3)4)33(16,17)26(5,6)7)30(34(18,19)27(8,9)10)35(20,21)28(11,12)13/h22,24H,1,23,31H2,2-21H3. The fourth-order valence-electron chi connectivity index (χ4n) is 4.97. The molecule has 0 spiro atoms. The minimum absolute atomic E-state index is 0.309. The monoisotopic (exact) mass is 572 g/mol. The van der Waals surface area contributed by atoms with E-state index in [0.29, 0.717) is 26.3 Å². The topological polar surface area (TPSA) is 6.48 Å². The minimum atomic E-state index is -1.85. The molecule has 2 nitrogen and oxygen atoms in total. The van der Waals surface area contributed by atoms with Crippen molar-refractivity contribution in [3.8, 4) is 0 Å². The van der Waals surface area contributed by atoms with E-state index in [-0.39, 0.29) is 9.52 Å². The van der Waals surface area contributed by atoms with Gasteiger partial charge < -0.3 is 8.46 Å². The Morgan fingerprint density at radius 1 is 0.543 bits per heavy atom. The summed E-state index contributed by atoms with van der Waals surface area (Å²) in [5.74, 6) is 0. The molecule has 0 fully saturated rings. The highest BCUT2D eigenvalue weighted by molar-refractivity contribution is 6.95. The van der Waals surface area contributed by atoms with Crippen molar-refractivity contribution in [2.75, 3.05) is 0 Å². The van der Waals surface area contributed by atoms with Gasteiger partial charge in [-0.05, 0) is 26.2 Å². The maximum atomic E-state index is 4.27. The Bertz CT molecular complexity index is 606. The van der Waals surface area contributed by atoms with E-state index in [0.717, 1.165) is 0 Å². The molecule has 0 saturated carbocycles. The molecule has 0 aromatic rings. The third-order valence-corrected chi connectivity index (χ3v) is 39.6. The Morgan fingerprint density at radius 2 is 0.743 bits per heavy atom.